The topological polar surface area (TPSA) is 180 Å². The zero-order valence-electron chi connectivity index (χ0n) is 23.5. The van der Waals surface area contributed by atoms with Crippen LogP contribution in [0.15, 0.2) is 48.8 Å². The lowest BCUT2D eigenvalue weighted by atomic mass is 9.93. The van der Waals surface area contributed by atoms with Crippen LogP contribution < -0.4 is 15.3 Å². The number of nitrogens with two attached hydrogens (primary N) is 1. The Morgan fingerprint density at radius 2 is 1.93 bits per heavy atom. The first-order chi connectivity index (χ1) is 19.5. The molecule has 41 heavy (non-hydrogen) atoms. The maximum Gasteiger partial charge on any atom is 0.459 e. The summed E-state index contributed by atoms with van der Waals surface area (Å²) in [4.78, 5) is 16.6. The van der Waals surface area contributed by atoms with Crippen molar-refractivity contribution in [3.8, 4) is 5.75 Å². The SMILES string of the molecule is CCC(CC)COC(=O)[C@H](C)NP(=O)(OC[C@H]1OC(C)(c2ccc3c(N)ncnn23)[C@H](O)[C@@H]1O)Oc1ccccc1. The second-order valence-electron chi connectivity index (χ2n) is 10.2. The quantitative estimate of drug-likeness (QED) is 0.169. The lowest BCUT2D eigenvalue weighted by molar-refractivity contribution is -0.146. The van der Waals surface area contributed by atoms with Gasteiger partial charge in [-0.2, -0.15) is 10.2 Å². The van der Waals surface area contributed by atoms with E-state index in [2.05, 4.69) is 15.2 Å². The molecule has 224 valence electrons. The van der Waals surface area contributed by atoms with Gasteiger partial charge in [-0.05, 0) is 44.0 Å². The Hall–Kier alpha value is -3.06. The molecule has 4 rings (SSSR count). The van der Waals surface area contributed by atoms with Crippen LogP contribution in [0.25, 0.3) is 5.52 Å². The van der Waals surface area contributed by atoms with Crippen molar-refractivity contribution in [3.63, 3.8) is 0 Å². The first-order valence-electron chi connectivity index (χ1n) is 13.6. The van der Waals surface area contributed by atoms with E-state index in [1.807, 2.05) is 13.8 Å². The molecule has 14 heteroatoms. The molecule has 1 fully saturated rings. The number of ether oxygens (including phenoxy) is 2. The first kappa shape index (κ1) is 30.9. The van der Waals surface area contributed by atoms with Gasteiger partial charge < -0.3 is 29.9 Å². The van der Waals surface area contributed by atoms with Gasteiger partial charge in [-0.25, -0.2) is 14.1 Å². The molecule has 2 unspecified atom stereocenters. The van der Waals surface area contributed by atoms with Crippen LogP contribution in [0.4, 0.5) is 5.82 Å². The molecule has 0 aliphatic carbocycles. The highest BCUT2D eigenvalue weighted by molar-refractivity contribution is 7.52. The van der Waals surface area contributed by atoms with Crippen LogP contribution in [0.3, 0.4) is 0 Å². The van der Waals surface area contributed by atoms with E-state index >= 15 is 0 Å². The fourth-order valence-corrected chi connectivity index (χ4v) is 6.18. The van der Waals surface area contributed by atoms with Crippen LogP contribution in [0.5, 0.6) is 5.75 Å². The molecule has 0 spiro atoms. The highest BCUT2D eigenvalue weighted by Crippen LogP contribution is 2.47. The van der Waals surface area contributed by atoms with E-state index in [-0.39, 0.29) is 24.1 Å². The van der Waals surface area contributed by atoms with Crippen molar-refractivity contribution in [2.24, 2.45) is 5.92 Å². The monoisotopic (exact) mass is 591 g/mol. The van der Waals surface area contributed by atoms with E-state index < -0.39 is 50.3 Å². The van der Waals surface area contributed by atoms with Gasteiger partial charge in [0.15, 0.2) is 5.82 Å². The number of para-hydroxylation sites is 1. The van der Waals surface area contributed by atoms with Crippen LogP contribution in [0.2, 0.25) is 0 Å². The van der Waals surface area contributed by atoms with Gasteiger partial charge in [-0.3, -0.25) is 9.32 Å². The summed E-state index contributed by atoms with van der Waals surface area (Å²) in [7, 11) is -4.22. The van der Waals surface area contributed by atoms with Crippen LogP contribution in [-0.4, -0.2) is 68.3 Å². The number of nitrogens with one attached hydrogen (secondary N) is 1. The van der Waals surface area contributed by atoms with Gasteiger partial charge in [0.25, 0.3) is 0 Å². The lowest BCUT2D eigenvalue weighted by Crippen LogP contribution is -2.40. The third-order valence-corrected chi connectivity index (χ3v) is 9.00. The number of nitrogens with zero attached hydrogens (tertiary/aromatic N) is 3. The average molecular weight is 592 g/mol. The number of hydrogen-bond acceptors (Lipinski definition) is 11. The fourth-order valence-electron chi connectivity index (χ4n) is 4.68. The lowest BCUT2D eigenvalue weighted by Gasteiger charge is -2.27. The smallest absolute Gasteiger partial charge is 0.459 e. The first-order valence-corrected chi connectivity index (χ1v) is 15.1. The summed E-state index contributed by atoms with van der Waals surface area (Å²) in [6.45, 7) is 6.92. The number of carbonyl (C=O) groups excluding carboxylic acids is 1. The normalized spacial score (nSPS) is 24.8. The Morgan fingerprint density at radius 1 is 1.22 bits per heavy atom. The number of esters is 1. The zero-order chi connectivity index (χ0) is 29.8. The van der Waals surface area contributed by atoms with Crippen LogP contribution in [0, 0.1) is 5.92 Å². The molecular weight excluding hydrogens is 553 g/mol. The summed E-state index contributed by atoms with van der Waals surface area (Å²) in [5.74, 6) is 0.0760. The third kappa shape index (κ3) is 6.72. The third-order valence-electron chi connectivity index (χ3n) is 7.35. The predicted molar refractivity (Wildman–Crippen MR) is 150 cm³/mol. The highest BCUT2D eigenvalue weighted by Gasteiger charge is 2.54. The molecule has 1 saturated heterocycles. The Morgan fingerprint density at radius 3 is 2.61 bits per heavy atom. The molecule has 2 aromatic heterocycles. The van der Waals surface area contributed by atoms with Gasteiger partial charge in [-0.1, -0.05) is 44.9 Å². The standard InChI is InChI=1S/C27H38N5O8P/c1-5-18(6-2)14-37-26(35)17(3)31-41(36,40-19-10-8-7-9-11-19)38-15-21-23(33)24(34)27(4,39-21)22-13-12-20-25(28)29-16-30-32(20)22/h7-13,16-18,21,23-24,33-34H,5-6,14-15H2,1-4H3,(H,31,36)(H2,28,29,30)/t17-,21+,23+,24+,27?,41?/m0/s1. The van der Waals surface area contributed by atoms with Gasteiger partial charge in [-0.15, -0.1) is 0 Å². The molecule has 3 aromatic rings. The molecule has 3 heterocycles. The largest absolute Gasteiger partial charge is 0.464 e. The molecule has 1 aliphatic heterocycles. The van der Waals surface area contributed by atoms with Crippen molar-refractivity contribution in [1.29, 1.82) is 0 Å². The summed E-state index contributed by atoms with van der Waals surface area (Å²) < 4.78 is 38.3. The second kappa shape index (κ2) is 12.8. The number of aliphatic hydroxyl groups is 2. The molecule has 0 saturated carbocycles. The van der Waals surface area contributed by atoms with Crippen molar-refractivity contribution in [1.82, 2.24) is 19.7 Å². The van der Waals surface area contributed by atoms with E-state index in [4.69, 9.17) is 24.3 Å². The Labute approximate surface area is 238 Å². The Balaban J connectivity index is 1.50. The summed E-state index contributed by atoms with van der Waals surface area (Å²) >= 11 is 0. The zero-order valence-corrected chi connectivity index (χ0v) is 24.4. The van der Waals surface area contributed by atoms with E-state index in [9.17, 15) is 19.6 Å². The van der Waals surface area contributed by atoms with Crippen molar-refractivity contribution < 1.29 is 38.1 Å². The molecule has 6 atom stereocenters. The molecule has 0 amide bonds. The molecule has 0 radical (unpaired) electrons. The molecule has 1 aromatic carbocycles. The summed E-state index contributed by atoms with van der Waals surface area (Å²) in [5, 5.41) is 28.7. The second-order valence-corrected chi connectivity index (χ2v) is 11.9. The summed E-state index contributed by atoms with van der Waals surface area (Å²) in [5.41, 5.74) is 5.44. The minimum absolute atomic E-state index is 0.220. The van der Waals surface area contributed by atoms with Crippen LogP contribution in [-0.2, 0) is 29.0 Å². The number of aromatic nitrogens is 3. The highest BCUT2D eigenvalue weighted by atomic mass is 31.2. The Bertz CT molecular complexity index is 1370. The molecule has 1 aliphatic rings. The number of rotatable bonds is 13. The van der Waals surface area contributed by atoms with Crippen molar-refractivity contribution in [2.75, 3.05) is 18.9 Å². The van der Waals surface area contributed by atoms with E-state index in [1.54, 1.807) is 49.4 Å². The Kier molecular flexibility index (Phi) is 9.68. The minimum Gasteiger partial charge on any atom is -0.464 e. The number of benzene rings is 1. The molecule has 5 N–H and O–H groups in total. The number of nitrogen functional groups attached to an aromatic ring is 1. The average Bonchev–Trinajstić information content (AvgIpc) is 3.49. The summed E-state index contributed by atoms with van der Waals surface area (Å²) in [6.07, 6.45) is -0.945. The van der Waals surface area contributed by atoms with Crippen molar-refractivity contribution >= 4 is 25.1 Å². The minimum atomic E-state index is -4.22. The fraction of sp³-hybridized carbons (Fsp3) is 0.519. The molecular formula is C27H38N5O8P. The van der Waals surface area contributed by atoms with Crippen LogP contribution >= 0.6 is 7.75 Å². The molecule has 0 bridgehead atoms. The number of aliphatic hydroxyl groups excluding tert-OH is 2. The van der Waals surface area contributed by atoms with Crippen LogP contribution in [0.1, 0.15) is 46.2 Å². The van der Waals surface area contributed by atoms with Gasteiger partial charge in [0.1, 0.15) is 47.5 Å². The number of hydrogen-bond donors (Lipinski definition) is 4. The van der Waals surface area contributed by atoms with Gasteiger partial charge in [0, 0.05) is 0 Å². The number of fused-ring (bicyclic) bond motifs is 1. The van der Waals surface area contributed by atoms with E-state index in [0.29, 0.717) is 11.2 Å². The maximum absolute atomic E-state index is 13.9. The van der Waals surface area contributed by atoms with E-state index in [1.165, 1.54) is 17.8 Å². The number of carbonyl (C=O) groups is 1. The number of anilines is 1. The summed E-state index contributed by atoms with van der Waals surface area (Å²) in [6, 6.07) is 10.6. The van der Waals surface area contributed by atoms with Gasteiger partial charge in [0.2, 0.25) is 0 Å². The van der Waals surface area contributed by atoms with E-state index in [0.717, 1.165) is 12.8 Å². The maximum atomic E-state index is 13.9. The van der Waals surface area contributed by atoms with Gasteiger partial charge in [0.05, 0.1) is 18.9 Å². The molecule has 13 nitrogen and oxygen atoms in total. The van der Waals surface area contributed by atoms with Crippen molar-refractivity contribution in [2.45, 2.75) is 70.5 Å². The van der Waals surface area contributed by atoms with Gasteiger partial charge >= 0.3 is 13.7 Å². The van der Waals surface area contributed by atoms with Crippen molar-refractivity contribution in [3.05, 3.63) is 54.5 Å². The predicted octanol–water partition coefficient (Wildman–Crippen LogP) is 2.81.